The van der Waals surface area contributed by atoms with E-state index in [9.17, 15) is 4.79 Å². The molecule has 1 aliphatic heterocycles. The van der Waals surface area contributed by atoms with Gasteiger partial charge in [-0.15, -0.1) is 0 Å². The van der Waals surface area contributed by atoms with E-state index in [0.29, 0.717) is 6.04 Å². The summed E-state index contributed by atoms with van der Waals surface area (Å²) in [6, 6.07) is 0.560. The van der Waals surface area contributed by atoms with Gasteiger partial charge in [0, 0.05) is 20.1 Å². The number of hydrogen-bond acceptors (Lipinski definition) is 3. The molecule has 0 aromatic rings. The lowest BCUT2D eigenvalue weighted by Crippen LogP contribution is -2.42. The fourth-order valence-electron chi connectivity index (χ4n) is 2.01. The van der Waals surface area contributed by atoms with E-state index in [1.165, 1.54) is 0 Å². The quantitative estimate of drug-likeness (QED) is 0.641. The molecular weight excluding hydrogens is 190 g/mol. The number of rotatable bonds is 5. The highest BCUT2D eigenvalue weighted by Gasteiger charge is 2.29. The van der Waals surface area contributed by atoms with E-state index < -0.39 is 0 Å². The van der Waals surface area contributed by atoms with Crippen LogP contribution in [0, 0.1) is 0 Å². The van der Waals surface area contributed by atoms with Crippen molar-refractivity contribution < 1.29 is 4.79 Å². The first-order chi connectivity index (χ1) is 7.15. The van der Waals surface area contributed by atoms with Crippen LogP contribution in [0.3, 0.4) is 0 Å². The molecule has 1 amide bonds. The first-order valence-corrected chi connectivity index (χ1v) is 5.83. The maximum Gasteiger partial charge on any atom is 0.239 e. The van der Waals surface area contributed by atoms with Crippen LogP contribution in [0.5, 0.6) is 0 Å². The molecule has 1 fully saturated rings. The van der Waals surface area contributed by atoms with Gasteiger partial charge in [-0.25, -0.2) is 0 Å². The van der Waals surface area contributed by atoms with Gasteiger partial charge < -0.3 is 15.5 Å². The zero-order chi connectivity index (χ0) is 11.3. The van der Waals surface area contributed by atoms with Crippen LogP contribution in [0.4, 0.5) is 0 Å². The summed E-state index contributed by atoms with van der Waals surface area (Å²) in [7, 11) is 3.63. The predicted molar refractivity (Wildman–Crippen MR) is 61.8 cm³/mol. The van der Waals surface area contributed by atoms with Crippen LogP contribution in [0.1, 0.15) is 26.2 Å². The van der Waals surface area contributed by atoms with Gasteiger partial charge in [0.1, 0.15) is 0 Å². The van der Waals surface area contributed by atoms with Gasteiger partial charge in [-0.2, -0.15) is 0 Å². The van der Waals surface area contributed by atoms with E-state index in [1.807, 2.05) is 14.1 Å². The summed E-state index contributed by atoms with van der Waals surface area (Å²) in [5, 5.41) is 6.71. The Morgan fingerprint density at radius 3 is 2.80 bits per heavy atom. The number of nitrogens with zero attached hydrogens (tertiary/aromatic N) is 1. The van der Waals surface area contributed by atoms with Crippen molar-refractivity contribution in [2.45, 2.75) is 38.3 Å². The number of amides is 1. The summed E-state index contributed by atoms with van der Waals surface area (Å²) in [6.45, 7) is 4.17. The van der Waals surface area contributed by atoms with Crippen molar-refractivity contribution >= 4 is 5.91 Å². The second kappa shape index (κ2) is 6.08. The van der Waals surface area contributed by atoms with Crippen molar-refractivity contribution in [3.8, 4) is 0 Å². The lowest BCUT2D eigenvalue weighted by atomic mass is 10.1. The summed E-state index contributed by atoms with van der Waals surface area (Å²) < 4.78 is 0. The maximum atomic E-state index is 11.7. The molecule has 1 aliphatic rings. The van der Waals surface area contributed by atoms with Crippen molar-refractivity contribution in [3.63, 3.8) is 0 Å². The highest BCUT2D eigenvalue weighted by molar-refractivity contribution is 5.81. The van der Waals surface area contributed by atoms with Gasteiger partial charge in [0.25, 0.3) is 0 Å². The predicted octanol–water partition coefficient (Wildman–Crippen LogP) is 0.195. The second-order valence-corrected chi connectivity index (χ2v) is 4.37. The Bertz CT molecular complexity index is 206. The standard InChI is InChI=1S/C11H23N3O/c1-4-12-8-7-9-5-6-10(13-9)11(15)14(2)3/h9-10,12-13H,4-8H2,1-3H3. The molecule has 0 aliphatic carbocycles. The Morgan fingerprint density at radius 1 is 1.47 bits per heavy atom. The Balaban J connectivity index is 2.23. The van der Waals surface area contributed by atoms with Gasteiger partial charge in [-0.3, -0.25) is 4.79 Å². The van der Waals surface area contributed by atoms with E-state index in [4.69, 9.17) is 0 Å². The third-order valence-corrected chi connectivity index (χ3v) is 2.90. The van der Waals surface area contributed by atoms with Gasteiger partial charge in [0.2, 0.25) is 5.91 Å². The van der Waals surface area contributed by atoms with Crippen LogP contribution in [0.15, 0.2) is 0 Å². The molecule has 15 heavy (non-hydrogen) atoms. The van der Waals surface area contributed by atoms with Crippen molar-refractivity contribution in [3.05, 3.63) is 0 Å². The normalized spacial score (nSPS) is 25.5. The van der Waals surface area contributed by atoms with Crippen LogP contribution in [-0.2, 0) is 4.79 Å². The van der Waals surface area contributed by atoms with E-state index in [2.05, 4.69) is 17.6 Å². The molecule has 0 aromatic heterocycles. The molecule has 4 nitrogen and oxygen atoms in total. The zero-order valence-corrected chi connectivity index (χ0v) is 10.0. The maximum absolute atomic E-state index is 11.7. The third kappa shape index (κ3) is 3.80. The van der Waals surface area contributed by atoms with E-state index in [-0.39, 0.29) is 11.9 Å². The molecule has 2 unspecified atom stereocenters. The Morgan fingerprint density at radius 2 is 2.20 bits per heavy atom. The molecule has 1 heterocycles. The average Bonchev–Trinajstić information content (AvgIpc) is 2.65. The number of carbonyl (C=O) groups excluding carboxylic acids is 1. The first kappa shape index (κ1) is 12.5. The topological polar surface area (TPSA) is 44.4 Å². The summed E-state index contributed by atoms with van der Waals surface area (Å²) in [4.78, 5) is 13.3. The summed E-state index contributed by atoms with van der Waals surface area (Å²) >= 11 is 0. The van der Waals surface area contributed by atoms with Gasteiger partial charge >= 0.3 is 0 Å². The molecule has 0 aromatic carbocycles. The molecular formula is C11H23N3O. The van der Waals surface area contributed by atoms with Crippen LogP contribution in [-0.4, -0.2) is 50.1 Å². The molecule has 1 rings (SSSR count). The lowest BCUT2D eigenvalue weighted by molar-refractivity contribution is -0.130. The molecule has 0 radical (unpaired) electrons. The summed E-state index contributed by atoms with van der Waals surface area (Å²) in [5.74, 6) is 0.209. The smallest absolute Gasteiger partial charge is 0.239 e. The van der Waals surface area contributed by atoms with Crippen LogP contribution in [0.25, 0.3) is 0 Å². The van der Waals surface area contributed by atoms with Crippen molar-refractivity contribution in [2.75, 3.05) is 27.2 Å². The van der Waals surface area contributed by atoms with Crippen molar-refractivity contribution in [1.82, 2.24) is 15.5 Å². The lowest BCUT2D eigenvalue weighted by Gasteiger charge is -2.17. The van der Waals surface area contributed by atoms with Gasteiger partial charge in [-0.1, -0.05) is 6.92 Å². The molecule has 88 valence electrons. The highest BCUT2D eigenvalue weighted by atomic mass is 16.2. The number of hydrogen-bond donors (Lipinski definition) is 2. The Hall–Kier alpha value is -0.610. The van der Waals surface area contributed by atoms with Crippen LogP contribution >= 0.6 is 0 Å². The SMILES string of the molecule is CCNCCC1CCC(C(=O)N(C)C)N1. The zero-order valence-electron chi connectivity index (χ0n) is 10.0. The monoisotopic (exact) mass is 213 g/mol. The molecule has 0 spiro atoms. The highest BCUT2D eigenvalue weighted by Crippen LogP contribution is 2.15. The first-order valence-electron chi connectivity index (χ1n) is 5.83. The number of carbonyl (C=O) groups is 1. The molecule has 0 bridgehead atoms. The van der Waals surface area contributed by atoms with Crippen molar-refractivity contribution in [1.29, 1.82) is 0 Å². The molecule has 1 saturated heterocycles. The van der Waals surface area contributed by atoms with E-state index in [0.717, 1.165) is 32.4 Å². The molecule has 2 atom stereocenters. The van der Waals surface area contributed by atoms with E-state index >= 15 is 0 Å². The fourth-order valence-corrected chi connectivity index (χ4v) is 2.01. The van der Waals surface area contributed by atoms with Gasteiger partial charge in [0.15, 0.2) is 0 Å². The average molecular weight is 213 g/mol. The summed E-state index contributed by atoms with van der Waals surface area (Å²) in [5.41, 5.74) is 0. The molecule has 4 heteroatoms. The van der Waals surface area contributed by atoms with Crippen LogP contribution < -0.4 is 10.6 Å². The minimum absolute atomic E-state index is 0.0478. The number of nitrogens with one attached hydrogen (secondary N) is 2. The van der Waals surface area contributed by atoms with Crippen LogP contribution in [0.2, 0.25) is 0 Å². The fraction of sp³-hybridized carbons (Fsp3) is 0.909. The Labute approximate surface area is 92.4 Å². The van der Waals surface area contributed by atoms with E-state index in [1.54, 1.807) is 4.90 Å². The third-order valence-electron chi connectivity index (χ3n) is 2.90. The summed E-state index contributed by atoms with van der Waals surface area (Å²) in [6.07, 6.45) is 3.22. The Kier molecular flexibility index (Phi) is 5.05. The van der Waals surface area contributed by atoms with Crippen molar-refractivity contribution in [2.24, 2.45) is 0 Å². The second-order valence-electron chi connectivity index (χ2n) is 4.37. The minimum Gasteiger partial charge on any atom is -0.347 e. The largest absolute Gasteiger partial charge is 0.347 e. The van der Waals surface area contributed by atoms with Gasteiger partial charge in [-0.05, 0) is 32.4 Å². The van der Waals surface area contributed by atoms with Gasteiger partial charge in [0.05, 0.1) is 6.04 Å². The molecule has 2 N–H and O–H groups in total. The number of likely N-dealkylation sites (N-methyl/N-ethyl adjacent to an activating group) is 1. The minimum atomic E-state index is 0.0478. The molecule has 0 saturated carbocycles.